The zero-order valence-corrected chi connectivity index (χ0v) is 20.2. The Bertz CT molecular complexity index is 1510. The molecule has 14 heteroatoms. The number of halogens is 3. The molecular weight excluding hydrogens is 525 g/mol. The van der Waals surface area contributed by atoms with E-state index in [0.717, 1.165) is 46.4 Å². The van der Waals surface area contributed by atoms with Gasteiger partial charge < -0.3 is 9.84 Å². The van der Waals surface area contributed by atoms with Crippen LogP contribution in [0.2, 0.25) is 0 Å². The maximum absolute atomic E-state index is 13.5. The number of alkyl halides is 3. The Labute approximate surface area is 204 Å². The molecule has 1 aliphatic heterocycles. The number of nitrogens with zero attached hydrogens (tertiary/aromatic N) is 2. The lowest BCUT2D eigenvalue weighted by Gasteiger charge is -2.26. The van der Waals surface area contributed by atoms with Crippen molar-refractivity contribution < 1.29 is 44.6 Å². The van der Waals surface area contributed by atoms with Crippen LogP contribution in [0.4, 0.5) is 13.2 Å². The molecule has 1 saturated heterocycles. The SMILES string of the molecule is O=C(O)CCc1cc2cc(C(F)(F)F)ccc2n1S(=O)(=O)c1ccc(S(=O)(=O)N2CCOCC2)cc1. The van der Waals surface area contributed by atoms with Gasteiger partial charge in [-0.25, -0.2) is 20.8 Å². The van der Waals surface area contributed by atoms with E-state index in [1.54, 1.807) is 0 Å². The largest absolute Gasteiger partial charge is 0.481 e. The molecule has 0 unspecified atom stereocenters. The summed E-state index contributed by atoms with van der Waals surface area (Å²) < 4.78 is 99.5. The van der Waals surface area contributed by atoms with Crippen LogP contribution in [0, 0.1) is 0 Å². The van der Waals surface area contributed by atoms with Gasteiger partial charge in [0.2, 0.25) is 10.0 Å². The number of rotatable bonds is 7. The Morgan fingerprint density at radius 2 is 1.50 bits per heavy atom. The fourth-order valence-corrected chi connectivity index (χ4v) is 6.92. The molecule has 0 bridgehead atoms. The number of carbonyl (C=O) groups is 1. The summed E-state index contributed by atoms with van der Waals surface area (Å²) in [5, 5.41) is 9.02. The Kier molecular flexibility index (Phi) is 6.90. The minimum atomic E-state index is -4.65. The van der Waals surface area contributed by atoms with E-state index in [0.29, 0.717) is 0 Å². The smallest absolute Gasteiger partial charge is 0.416 e. The molecule has 0 atom stereocenters. The molecule has 1 aliphatic rings. The van der Waals surface area contributed by atoms with Gasteiger partial charge in [0.25, 0.3) is 10.0 Å². The predicted molar refractivity (Wildman–Crippen MR) is 122 cm³/mol. The van der Waals surface area contributed by atoms with Crippen molar-refractivity contribution >= 4 is 36.9 Å². The Balaban J connectivity index is 1.78. The molecule has 2 heterocycles. The van der Waals surface area contributed by atoms with Gasteiger partial charge in [-0.05, 0) is 55.0 Å². The summed E-state index contributed by atoms with van der Waals surface area (Å²) in [5.74, 6) is -1.21. The highest BCUT2D eigenvalue weighted by Crippen LogP contribution is 2.34. The van der Waals surface area contributed by atoms with Gasteiger partial charge in [-0.2, -0.15) is 17.5 Å². The first kappa shape index (κ1) is 26.1. The summed E-state index contributed by atoms with van der Waals surface area (Å²) >= 11 is 0. The van der Waals surface area contributed by atoms with E-state index in [2.05, 4.69) is 0 Å². The van der Waals surface area contributed by atoms with Crippen LogP contribution < -0.4 is 0 Å². The normalized spacial score (nSPS) is 15.9. The molecule has 0 saturated carbocycles. The van der Waals surface area contributed by atoms with E-state index in [1.807, 2.05) is 0 Å². The maximum atomic E-state index is 13.5. The summed E-state index contributed by atoms with van der Waals surface area (Å²) in [6.07, 6.45) is -5.36. The molecule has 3 aromatic rings. The number of benzene rings is 2. The van der Waals surface area contributed by atoms with Crippen molar-refractivity contribution in [2.24, 2.45) is 0 Å². The fourth-order valence-electron chi connectivity index (χ4n) is 3.94. The number of aryl methyl sites for hydroxylation is 1. The van der Waals surface area contributed by atoms with Crippen LogP contribution in [0.1, 0.15) is 17.7 Å². The second kappa shape index (κ2) is 9.50. The highest BCUT2D eigenvalue weighted by Gasteiger charge is 2.32. The third kappa shape index (κ3) is 4.98. The molecule has 0 radical (unpaired) electrons. The summed E-state index contributed by atoms with van der Waals surface area (Å²) in [5.41, 5.74) is -1.06. The monoisotopic (exact) mass is 546 g/mol. The molecule has 0 amide bonds. The van der Waals surface area contributed by atoms with E-state index in [9.17, 15) is 34.8 Å². The minimum Gasteiger partial charge on any atom is -0.481 e. The van der Waals surface area contributed by atoms with E-state index < -0.39 is 44.2 Å². The Hall–Kier alpha value is -2.94. The standard InChI is InChI=1S/C22H21F3N2O7S2/c23-22(24,25)16-1-7-20-15(13-16)14-17(2-8-21(28)29)27(20)36(32,33)19-5-3-18(4-6-19)35(30,31)26-9-11-34-12-10-26/h1,3-7,13-14H,2,8-12H2,(H,28,29). The molecule has 1 fully saturated rings. The average molecular weight is 547 g/mol. The fraction of sp³-hybridized carbons (Fsp3) is 0.318. The Morgan fingerprint density at radius 1 is 0.917 bits per heavy atom. The van der Waals surface area contributed by atoms with Crippen LogP contribution in [0.15, 0.2) is 58.3 Å². The number of hydrogen-bond donors (Lipinski definition) is 1. The molecule has 2 aromatic carbocycles. The maximum Gasteiger partial charge on any atom is 0.416 e. The van der Waals surface area contributed by atoms with Gasteiger partial charge in [0.15, 0.2) is 0 Å². The first-order valence-corrected chi connectivity index (χ1v) is 13.6. The summed E-state index contributed by atoms with van der Waals surface area (Å²) in [6.45, 7) is 0.790. The molecule has 1 N–H and O–H groups in total. The van der Waals surface area contributed by atoms with Gasteiger partial charge in [-0.1, -0.05) is 0 Å². The van der Waals surface area contributed by atoms with Crippen molar-refractivity contribution in [1.29, 1.82) is 0 Å². The quantitative estimate of drug-likeness (QED) is 0.483. The Morgan fingerprint density at radius 3 is 2.06 bits per heavy atom. The molecule has 0 aliphatic carbocycles. The number of aromatic nitrogens is 1. The van der Waals surface area contributed by atoms with Gasteiger partial charge in [0.1, 0.15) is 0 Å². The number of carboxylic acid groups (broad SMARTS) is 1. The van der Waals surface area contributed by atoms with Crippen LogP contribution in [0.5, 0.6) is 0 Å². The topological polar surface area (TPSA) is 123 Å². The second-order valence-electron chi connectivity index (χ2n) is 8.06. The molecule has 36 heavy (non-hydrogen) atoms. The second-order valence-corrected chi connectivity index (χ2v) is 11.8. The van der Waals surface area contributed by atoms with Crippen LogP contribution in [0.25, 0.3) is 10.9 Å². The van der Waals surface area contributed by atoms with Gasteiger partial charge in [-0.3, -0.25) is 4.79 Å². The van der Waals surface area contributed by atoms with Crippen LogP contribution in [0.3, 0.4) is 0 Å². The number of sulfonamides is 1. The number of carboxylic acids is 1. The van der Waals surface area contributed by atoms with Gasteiger partial charge in [0.05, 0.1) is 40.5 Å². The van der Waals surface area contributed by atoms with Crippen molar-refractivity contribution in [3.8, 4) is 0 Å². The lowest BCUT2D eigenvalue weighted by atomic mass is 10.1. The van der Waals surface area contributed by atoms with Crippen molar-refractivity contribution in [1.82, 2.24) is 8.28 Å². The molecule has 194 valence electrons. The van der Waals surface area contributed by atoms with E-state index in [1.165, 1.54) is 10.4 Å². The number of fused-ring (bicyclic) bond motifs is 1. The van der Waals surface area contributed by atoms with Gasteiger partial charge in [0, 0.05) is 24.2 Å². The summed E-state index contributed by atoms with van der Waals surface area (Å²) in [4.78, 5) is 10.7. The van der Waals surface area contributed by atoms with E-state index in [-0.39, 0.29) is 59.1 Å². The molecular formula is C22H21F3N2O7S2. The van der Waals surface area contributed by atoms with Crippen LogP contribution in [-0.2, 0) is 42.2 Å². The molecule has 1 aromatic heterocycles. The van der Waals surface area contributed by atoms with Crippen LogP contribution >= 0.6 is 0 Å². The van der Waals surface area contributed by atoms with Crippen molar-refractivity contribution in [3.63, 3.8) is 0 Å². The third-order valence-electron chi connectivity index (χ3n) is 5.72. The number of hydrogen-bond acceptors (Lipinski definition) is 6. The van der Waals surface area contributed by atoms with Gasteiger partial charge >= 0.3 is 12.1 Å². The first-order valence-electron chi connectivity index (χ1n) is 10.7. The molecule has 0 spiro atoms. The number of morpholine rings is 1. The van der Waals surface area contributed by atoms with E-state index in [4.69, 9.17) is 9.84 Å². The molecule has 9 nitrogen and oxygen atoms in total. The van der Waals surface area contributed by atoms with Crippen molar-refractivity contribution in [2.75, 3.05) is 26.3 Å². The van der Waals surface area contributed by atoms with E-state index >= 15 is 0 Å². The van der Waals surface area contributed by atoms with Crippen molar-refractivity contribution in [2.45, 2.75) is 28.8 Å². The van der Waals surface area contributed by atoms with Crippen LogP contribution in [-0.4, -0.2) is 62.5 Å². The first-order chi connectivity index (χ1) is 16.8. The zero-order valence-electron chi connectivity index (χ0n) is 18.6. The van der Waals surface area contributed by atoms with Crippen molar-refractivity contribution in [3.05, 3.63) is 59.8 Å². The minimum absolute atomic E-state index is 0.0169. The summed E-state index contributed by atoms with van der Waals surface area (Å²) in [6, 6.07) is 8.24. The number of aliphatic carboxylic acids is 1. The van der Waals surface area contributed by atoms with Gasteiger partial charge in [-0.15, -0.1) is 0 Å². The number of ether oxygens (including phenoxy) is 1. The highest BCUT2D eigenvalue weighted by molar-refractivity contribution is 7.90. The predicted octanol–water partition coefficient (Wildman–Crippen LogP) is 2.94. The average Bonchev–Trinajstić information content (AvgIpc) is 3.21. The summed E-state index contributed by atoms with van der Waals surface area (Å²) in [7, 11) is -8.30. The zero-order chi connectivity index (χ0) is 26.3. The highest BCUT2D eigenvalue weighted by atomic mass is 32.2. The lowest BCUT2D eigenvalue weighted by molar-refractivity contribution is -0.138. The lowest BCUT2D eigenvalue weighted by Crippen LogP contribution is -2.40. The third-order valence-corrected chi connectivity index (χ3v) is 9.41. The molecule has 4 rings (SSSR count).